The maximum atomic E-state index is 6.67. The summed E-state index contributed by atoms with van der Waals surface area (Å²) in [5.41, 5.74) is 3.71. The van der Waals surface area contributed by atoms with Gasteiger partial charge in [0.15, 0.2) is 8.32 Å². The SMILES string of the molecule is C[C@H]1C=C[C@@H](CO[Si](C)(C)C(C)(C)C)c2c1cnc1ccc(O[Si](C)(C)C(C)(C)C)cc21. The summed E-state index contributed by atoms with van der Waals surface area (Å²) < 4.78 is 13.3. The predicted molar refractivity (Wildman–Crippen MR) is 143 cm³/mol. The number of nitrogens with zero attached hydrogens (tertiary/aromatic N) is 1. The van der Waals surface area contributed by atoms with Crippen LogP contribution in [0.25, 0.3) is 10.9 Å². The molecule has 0 unspecified atom stereocenters. The second-order valence-electron chi connectivity index (χ2n) is 12.5. The number of hydrogen-bond donors (Lipinski definition) is 0. The van der Waals surface area contributed by atoms with Crippen LogP contribution in [0, 0.1) is 0 Å². The lowest BCUT2D eigenvalue weighted by molar-refractivity contribution is 0.277. The van der Waals surface area contributed by atoms with Crippen molar-refractivity contribution in [3.63, 3.8) is 0 Å². The minimum Gasteiger partial charge on any atom is -0.543 e. The van der Waals surface area contributed by atoms with Crippen LogP contribution in [0.2, 0.25) is 36.3 Å². The summed E-state index contributed by atoms with van der Waals surface area (Å²) in [7, 11) is -3.74. The second kappa shape index (κ2) is 8.41. The van der Waals surface area contributed by atoms with Gasteiger partial charge in [0.25, 0.3) is 0 Å². The van der Waals surface area contributed by atoms with E-state index < -0.39 is 16.6 Å². The first-order valence-corrected chi connectivity index (χ1v) is 17.8. The minimum absolute atomic E-state index is 0.160. The van der Waals surface area contributed by atoms with Gasteiger partial charge in [0.1, 0.15) is 5.75 Å². The van der Waals surface area contributed by atoms with Crippen molar-refractivity contribution in [3.05, 3.63) is 47.7 Å². The number of allylic oxidation sites excluding steroid dienone is 1. The van der Waals surface area contributed by atoms with Gasteiger partial charge in [-0.1, -0.05) is 60.6 Å². The number of pyridine rings is 1. The van der Waals surface area contributed by atoms with Gasteiger partial charge in [-0.3, -0.25) is 4.98 Å². The molecule has 0 bridgehead atoms. The van der Waals surface area contributed by atoms with Gasteiger partial charge in [0, 0.05) is 30.0 Å². The monoisotopic (exact) mass is 469 g/mol. The first kappa shape index (κ1) is 25.2. The van der Waals surface area contributed by atoms with Crippen LogP contribution >= 0.6 is 0 Å². The van der Waals surface area contributed by atoms with Crippen LogP contribution in [0.1, 0.15) is 71.4 Å². The van der Waals surface area contributed by atoms with Crippen molar-refractivity contribution < 1.29 is 8.85 Å². The Kier molecular flexibility index (Phi) is 6.62. The van der Waals surface area contributed by atoms with Crippen LogP contribution in [0.3, 0.4) is 0 Å². The topological polar surface area (TPSA) is 31.4 Å². The van der Waals surface area contributed by atoms with Crippen molar-refractivity contribution in [2.45, 2.75) is 96.6 Å². The Labute approximate surface area is 197 Å². The summed E-state index contributed by atoms with van der Waals surface area (Å²) in [5.74, 6) is 1.56. The molecule has 1 aliphatic carbocycles. The predicted octanol–water partition coefficient (Wildman–Crippen LogP) is 8.40. The second-order valence-corrected chi connectivity index (χ2v) is 22.1. The maximum Gasteiger partial charge on any atom is 0.250 e. The summed E-state index contributed by atoms with van der Waals surface area (Å²) in [6, 6.07) is 6.44. The molecule has 0 spiro atoms. The molecule has 32 heavy (non-hydrogen) atoms. The van der Waals surface area contributed by atoms with Gasteiger partial charge in [-0.25, -0.2) is 0 Å². The molecular formula is C27H43NO2Si2. The van der Waals surface area contributed by atoms with Gasteiger partial charge in [-0.2, -0.15) is 0 Å². The van der Waals surface area contributed by atoms with Gasteiger partial charge >= 0.3 is 0 Å². The van der Waals surface area contributed by atoms with E-state index in [2.05, 4.69) is 111 Å². The molecule has 0 fully saturated rings. The van der Waals surface area contributed by atoms with Crippen molar-refractivity contribution >= 4 is 27.5 Å². The van der Waals surface area contributed by atoms with Gasteiger partial charge in [0.05, 0.1) is 5.52 Å². The molecule has 0 amide bonds. The van der Waals surface area contributed by atoms with Crippen LogP contribution in [0.4, 0.5) is 0 Å². The third kappa shape index (κ3) is 4.90. The summed E-state index contributed by atoms with van der Waals surface area (Å²) >= 11 is 0. The zero-order valence-electron chi connectivity index (χ0n) is 22.1. The van der Waals surface area contributed by atoms with E-state index in [9.17, 15) is 0 Å². The van der Waals surface area contributed by atoms with E-state index >= 15 is 0 Å². The molecule has 1 heterocycles. The smallest absolute Gasteiger partial charge is 0.250 e. The Balaban J connectivity index is 2.03. The Morgan fingerprint density at radius 1 is 0.906 bits per heavy atom. The molecular weight excluding hydrogens is 426 g/mol. The fraction of sp³-hybridized carbons (Fsp3) is 0.593. The quantitative estimate of drug-likeness (QED) is 0.325. The Morgan fingerprint density at radius 3 is 2.12 bits per heavy atom. The summed E-state index contributed by atoms with van der Waals surface area (Å²) in [4.78, 5) is 4.80. The molecule has 2 atom stereocenters. The molecule has 1 aliphatic rings. The molecule has 0 radical (unpaired) electrons. The molecule has 5 heteroatoms. The van der Waals surface area contributed by atoms with Gasteiger partial charge in [0.2, 0.25) is 8.32 Å². The normalized spacial score (nSPS) is 19.8. The molecule has 3 rings (SSSR count). The van der Waals surface area contributed by atoms with Gasteiger partial charge in [-0.15, -0.1) is 0 Å². The van der Waals surface area contributed by atoms with E-state index in [1.807, 2.05) is 0 Å². The molecule has 1 aromatic carbocycles. The van der Waals surface area contributed by atoms with Crippen molar-refractivity contribution in [2.75, 3.05) is 6.61 Å². The number of aromatic nitrogens is 1. The highest BCUT2D eigenvalue weighted by atomic mass is 28.4. The van der Waals surface area contributed by atoms with Crippen molar-refractivity contribution in [1.82, 2.24) is 4.98 Å². The Bertz CT molecular complexity index is 1010. The van der Waals surface area contributed by atoms with Crippen molar-refractivity contribution in [3.8, 4) is 5.75 Å². The molecule has 0 saturated heterocycles. The highest BCUT2D eigenvalue weighted by Gasteiger charge is 2.40. The molecule has 0 N–H and O–H groups in total. The van der Waals surface area contributed by atoms with E-state index in [1.54, 1.807) is 0 Å². The lowest BCUT2D eigenvalue weighted by Gasteiger charge is -2.38. The lowest BCUT2D eigenvalue weighted by atomic mass is 9.82. The summed E-state index contributed by atoms with van der Waals surface area (Å²) in [6.07, 6.45) is 6.73. The molecule has 0 saturated carbocycles. The largest absolute Gasteiger partial charge is 0.543 e. The Hall–Kier alpha value is -1.44. The first-order valence-electron chi connectivity index (χ1n) is 12.0. The zero-order valence-corrected chi connectivity index (χ0v) is 24.1. The van der Waals surface area contributed by atoms with Gasteiger partial charge < -0.3 is 8.85 Å². The van der Waals surface area contributed by atoms with Crippen LogP contribution in [-0.2, 0) is 4.43 Å². The third-order valence-electron chi connectivity index (χ3n) is 8.01. The Morgan fingerprint density at radius 2 is 1.53 bits per heavy atom. The molecule has 3 nitrogen and oxygen atoms in total. The van der Waals surface area contributed by atoms with E-state index in [0.29, 0.717) is 5.92 Å². The van der Waals surface area contributed by atoms with Gasteiger partial charge in [-0.05, 0) is 65.6 Å². The molecule has 0 aliphatic heterocycles. The average Bonchev–Trinajstić information content (AvgIpc) is 2.65. The fourth-order valence-corrected chi connectivity index (χ4v) is 5.70. The number of rotatable bonds is 5. The van der Waals surface area contributed by atoms with Crippen LogP contribution < -0.4 is 4.43 Å². The molecule has 176 valence electrons. The lowest BCUT2D eigenvalue weighted by Crippen LogP contribution is -2.43. The maximum absolute atomic E-state index is 6.67. The number of fused-ring (bicyclic) bond motifs is 3. The van der Waals surface area contributed by atoms with Crippen LogP contribution in [-0.4, -0.2) is 28.2 Å². The standard InChI is InChI=1S/C27H43NO2Si2/c1-19-12-13-20(18-29-31(8,9)26(2,3)4)25-22-16-21(30-32(10,11)27(5,6)7)14-15-24(22)28-17-23(19)25/h12-17,19-20H,18H2,1-11H3/t19-,20-/m0/s1. The minimum atomic E-state index is -1.91. The highest BCUT2D eigenvalue weighted by molar-refractivity contribution is 6.75. The summed E-state index contributed by atoms with van der Waals surface area (Å²) in [6.45, 7) is 26.0. The van der Waals surface area contributed by atoms with E-state index in [4.69, 9.17) is 13.8 Å². The molecule has 1 aromatic heterocycles. The highest BCUT2D eigenvalue weighted by Crippen LogP contribution is 2.43. The number of hydrogen-bond acceptors (Lipinski definition) is 3. The number of benzene rings is 1. The van der Waals surface area contributed by atoms with E-state index in [1.165, 1.54) is 16.5 Å². The zero-order chi connectivity index (χ0) is 24.1. The molecule has 2 aromatic rings. The third-order valence-corrected chi connectivity index (χ3v) is 16.9. The fourth-order valence-electron chi connectivity index (χ4n) is 3.65. The van der Waals surface area contributed by atoms with Crippen molar-refractivity contribution in [1.29, 1.82) is 0 Å². The van der Waals surface area contributed by atoms with Crippen molar-refractivity contribution in [2.24, 2.45) is 0 Å². The average molecular weight is 470 g/mol. The first-order chi connectivity index (χ1) is 14.5. The van der Waals surface area contributed by atoms with Crippen LogP contribution in [0.5, 0.6) is 5.75 Å². The van der Waals surface area contributed by atoms with Crippen LogP contribution in [0.15, 0.2) is 36.5 Å². The van der Waals surface area contributed by atoms with E-state index in [0.717, 1.165) is 17.9 Å². The van der Waals surface area contributed by atoms with E-state index in [-0.39, 0.29) is 16.0 Å². The summed E-state index contributed by atoms with van der Waals surface area (Å²) in [5, 5.41) is 1.57.